The fourth-order valence-corrected chi connectivity index (χ4v) is 3.52. The monoisotopic (exact) mass is 479 g/mol. The maximum atomic E-state index is 12.4. The van der Waals surface area contributed by atoms with Crippen molar-refractivity contribution in [3.8, 4) is 0 Å². The molecule has 2 amide bonds. The predicted octanol–water partition coefficient (Wildman–Crippen LogP) is 2.49. The Bertz CT molecular complexity index is 1150. The van der Waals surface area contributed by atoms with Crippen molar-refractivity contribution >= 4 is 35.3 Å². The van der Waals surface area contributed by atoms with Gasteiger partial charge in [0.25, 0.3) is 11.4 Å². The third kappa shape index (κ3) is 7.86. The number of nitro benzene ring substituents is 2. The zero-order valence-electron chi connectivity index (χ0n) is 18.9. The van der Waals surface area contributed by atoms with Gasteiger partial charge in [-0.25, -0.2) is 0 Å². The molecule has 11 nitrogen and oxygen atoms in total. The average Bonchev–Trinajstić information content (AvgIpc) is 2.86. The van der Waals surface area contributed by atoms with E-state index in [1.165, 1.54) is 42.5 Å². The molecule has 0 spiro atoms. The van der Waals surface area contributed by atoms with E-state index in [1.54, 1.807) is 35.2 Å². The van der Waals surface area contributed by atoms with Crippen molar-refractivity contribution in [2.75, 3.05) is 39.3 Å². The van der Waals surface area contributed by atoms with Gasteiger partial charge in [0, 0.05) is 75.7 Å². The molecule has 1 heterocycles. The molecule has 35 heavy (non-hydrogen) atoms. The minimum atomic E-state index is -0.488. The minimum absolute atomic E-state index is 0.0279. The van der Waals surface area contributed by atoms with Gasteiger partial charge in [-0.3, -0.25) is 34.7 Å². The van der Waals surface area contributed by atoms with Gasteiger partial charge < -0.3 is 10.2 Å². The van der Waals surface area contributed by atoms with Crippen molar-refractivity contribution in [3.63, 3.8) is 0 Å². The van der Waals surface area contributed by atoms with Gasteiger partial charge in [-0.2, -0.15) is 0 Å². The van der Waals surface area contributed by atoms with Gasteiger partial charge in [0.15, 0.2) is 0 Å². The van der Waals surface area contributed by atoms with Gasteiger partial charge in [-0.05, 0) is 23.3 Å². The number of rotatable bonds is 9. The number of hydrogen-bond acceptors (Lipinski definition) is 7. The molecule has 0 bridgehead atoms. The number of nitro groups is 2. The summed E-state index contributed by atoms with van der Waals surface area (Å²) in [6, 6.07) is 12.1. The number of nitrogens with zero attached hydrogens (tertiary/aromatic N) is 4. The zero-order valence-corrected chi connectivity index (χ0v) is 18.9. The molecule has 1 fully saturated rings. The molecule has 0 aliphatic carbocycles. The molecule has 1 saturated heterocycles. The summed E-state index contributed by atoms with van der Waals surface area (Å²) in [7, 11) is 0. The maximum Gasteiger partial charge on any atom is 0.270 e. The number of carbonyl (C=O) groups is 2. The molecule has 1 aliphatic heterocycles. The van der Waals surface area contributed by atoms with Gasteiger partial charge >= 0.3 is 0 Å². The van der Waals surface area contributed by atoms with Crippen LogP contribution in [0, 0.1) is 20.2 Å². The molecule has 182 valence electrons. The molecule has 0 saturated carbocycles. The highest BCUT2D eigenvalue weighted by Gasteiger charge is 2.19. The number of amides is 2. The molecule has 0 aromatic heterocycles. The summed E-state index contributed by atoms with van der Waals surface area (Å²) < 4.78 is 0. The molecule has 2 aromatic rings. The first-order chi connectivity index (χ1) is 16.8. The lowest BCUT2D eigenvalue weighted by molar-refractivity contribution is -0.385. The van der Waals surface area contributed by atoms with Crippen molar-refractivity contribution in [1.29, 1.82) is 0 Å². The fourth-order valence-electron chi connectivity index (χ4n) is 3.52. The molecule has 0 unspecified atom stereocenters. The second-order valence-electron chi connectivity index (χ2n) is 7.83. The van der Waals surface area contributed by atoms with Crippen LogP contribution >= 0.6 is 0 Å². The number of benzene rings is 2. The van der Waals surface area contributed by atoms with Crippen molar-refractivity contribution in [2.24, 2.45) is 0 Å². The van der Waals surface area contributed by atoms with E-state index in [2.05, 4.69) is 10.2 Å². The largest absolute Gasteiger partial charge is 0.351 e. The van der Waals surface area contributed by atoms with E-state index in [4.69, 9.17) is 0 Å². The van der Waals surface area contributed by atoms with Gasteiger partial charge in [0.05, 0.1) is 9.85 Å². The predicted molar refractivity (Wildman–Crippen MR) is 130 cm³/mol. The minimum Gasteiger partial charge on any atom is -0.351 e. The normalized spacial score (nSPS) is 14.3. The number of hydrogen-bond donors (Lipinski definition) is 1. The molecule has 1 N–H and O–H groups in total. The third-order valence-electron chi connectivity index (χ3n) is 5.42. The smallest absolute Gasteiger partial charge is 0.270 e. The molecule has 0 atom stereocenters. The Hall–Kier alpha value is -4.38. The Morgan fingerprint density at radius 1 is 0.857 bits per heavy atom. The first-order valence-corrected chi connectivity index (χ1v) is 11.0. The van der Waals surface area contributed by atoms with E-state index in [0.29, 0.717) is 50.4 Å². The van der Waals surface area contributed by atoms with Crippen LogP contribution in [0.5, 0.6) is 0 Å². The zero-order chi connectivity index (χ0) is 25.2. The van der Waals surface area contributed by atoms with E-state index in [9.17, 15) is 29.8 Å². The fraction of sp³-hybridized carbons (Fsp3) is 0.250. The van der Waals surface area contributed by atoms with Gasteiger partial charge in [0.2, 0.25) is 11.8 Å². The van der Waals surface area contributed by atoms with Crippen LogP contribution in [0.1, 0.15) is 11.1 Å². The van der Waals surface area contributed by atoms with Crippen LogP contribution in [-0.2, 0) is 9.59 Å². The third-order valence-corrected chi connectivity index (χ3v) is 5.42. The molecule has 11 heteroatoms. The Kier molecular flexibility index (Phi) is 8.79. The highest BCUT2D eigenvalue weighted by molar-refractivity contribution is 5.92. The summed E-state index contributed by atoms with van der Waals surface area (Å²) >= 11 is 0. The van der Waals surface area contributed by atoms with E-state index in [0.717, 1.165) is 0 Å². The van der Waals surface area contributed by atoms with Crippen molar-refractivity contribution < 1.29 is 19.4 Å². The van der Waals surface area contributed by atoms with Crippen LogP contribution in [-0.4, -0.2) is 70.7 Å². The van der Waals surface area contributed by atoms with E-state index >= 15 is 0 Å². The molecule has 1 aliphatic rings. The van der Waals surface area contributed by atoms with E-state index in [-0.39, 0.29) is 23.2 Å². The highest BCUT2D eigenvalue weighted by Crippen LogP contribution is 2.15. The summed E-state index contributed by atoms with van der Waals surface area (Å²) in [6.07, 6.45) is 5.85. The summed E-state index contributed by atoms with van der Waals surface area (Å²) in [5.41, 5.74) is 1.08. The van der Waals surface area contributed by atoms with Crippen molar-refractivity contribution in [1.82, 2.24) is 15.1 Å². The van der Waals surface area contributed by atoms with Gasteiger partial charge in [-0.15, -0.1) is 0 Å². The van der Waals surface area contributed by atoms with Crippen LogP contribution in [0.4, 0.5) is 11.4 Å². The number of nitrogens with one attached hydrogen (secondary N) is 1. The first kappa shape index (κ1) is 25.2. The molecular formula is C24H25N5O6. The number of non-ortho nitro benzene ring substituents is 2. The quantitative estimate of drug-likeness (QED) is 0.331. The van der Waals surface area contributed by atoms with Gasteiger partial charge in [-0.1, -0.05) is 24.3 Å². The lowest BCUT2D eigenvalue weighted by Gasteiger charge is -2.34. The molecule has 0 radical (unpaired) electrons. The van der Waals surface area contributed by atoms with E-state index < -0.39 is 9.85 Å². The van der Waals surface area contributed by atoms with E-state index in [1.807, 2.05) is 0 Å². The summed E-state index contributed by atoms with van der Waals surface area (Å²) in [5.74, 6) is -0.452. The summed E-state index contributed by atoms with van der Waals surface area (Å²) in [4.78, 5) is 49.0. The van der Waals surface area contributed by atoms with Crippen molar-refractivity contribution in [3.05, 3.63) is 92.0 Å². The Morgan fingerprint density at radius 2 is 1.40 bits per heavy atom. The Balaban J connectivity index is 1.38. The first-order valence-electron chi connectivity index (χ1n) is 11.0. The molecule has 2 aromatic carbocycles. The van der Waals surface area contributed by atoms with Crippen molar-refractivity contribution in [2.45, 2.75) is 0 Å². The maximum absolute atomic E-state index is 12.4. The number of piperazine rings is 1. The van der Waals surface area contributed by atoms with Crippen LogP contribution < -0.4 is 5.32 Å². The number of carbonyl (C=O) groups excluding carboxylic acids is 2. The second kappa shape index (κ2) is 12.2. The van der Waals surface area contributed by atoms with Gasteiger partial charge in [0.1, 0.15) is 0 Å². The highest BCUT2D eigenvalue weighted by atomic mass is 16.6. The standard InChI is InChI=1S/C24H25N5O6/c30-23(9-7-19-3-1-5-21(17-19)28(32)33)25-11-12-26-13-15-27(16-14-26)24(31)10-8-20-4-2-6-22(18-20)29(34)35/h1-10,17-18H,11-16H2,(H,25,30)/b9-7+,10-8+. The lowest BCUT2D eigenvalue weighted by atomic mass is 10.2. The molecular weight excluding hydrogens is 454 g/mol. The lowest BCUT2D eigenvalue weighted by Crippen LogP contribution is -2.49. The second-order valence-corrected chi connectivity index (χ2v) is 7.83. The summed E-state index contributed by atoms with van der Waals surface area (Å²) in [5, 5.41) is 24.5. The molecule has 3 rings (SSSR count). The van der Waals surface area contributed by atoms with Crippen LogP contribution in [0.3, 0.4) is 0 Å². The Morgan fingerprint density at radius 3 is 1.94 bits per heavy atom. The topological polar surface area (TPSA) is 139 Å². The van der Waals surface area contributed by atoms with Crippen LogP contribution in [0.2, 0.25) is 0 Å². The Labute approximate surface area is 201 Å². The van der Waals surface area contributed by atoms with Crippen LogP contribution in [0.25, 0.3) is 12.2 Å². The summed E-state index contributed by atoms with van der Waals surface area (Å²) in [6.45, 7) is 3.46. The van der Waals surface area contributed by atoms with Crippen LogP contribution in [0.15, 0.2) is 60.7 Å². The SMILES string of the molecule is O=C(/C=C/c1cccc([N+](=O)[O-])c1)NCCN1CCN(C(=O)/C=C/c2cccc([N+](=O)[O-])c2)CC1. The average molecular weight is 479 g/mol.